The molecule has 26 heteroatoms. The molecule has 6 heterocycles. The second-order valence-electron chi connectivity index (χ2n) is 27.9. The van der Waals surface area contributed by atoms with Crippen LogP contribution >= 0.6 is 11.6 Å². The van der Waals surface area contributed by atoms with Gasteiger partial charge in [0.15, 0.2) is 5.82 Å². The number of piperazine rings is 2. The lowest BCUT2D eigenvalue weighted by Crippen LogP contribution is -2.64. The number of phenolic OH excluding ortho intramolecular Hbond substituents is 1. The number of allylic oxidation sites excluding steroid dienone is 3. The number of benzene rings is 2. The van der Waals surface area contributed by atoms with Gasteiger partial charge in [-0.25, -0.2) is 18.6 Å². The molecule has 1 saturated carbocycles. The number of aromatic hydroxyl groups is 1. The summed E-state index contributed by atoms with van der Waals surface area (Å²) >= 11 is 6.66. The first-order chi connectivity index (χ1) is 47.3. The molecule has 1 aromatic heterocycles. The molecule has 0 unspecified atom stereocenters. The molecule has 4 amide bonds. The number of ether oxygens (including phenoxy) is 5. The molecule has 99 heavy (non-hydrogen) atoms. The van der Waals surface area contributed by atoms with Gasteiger partial charge in [-0.05, 0) is 138 Å². The number of ketones is 2. The average molecular weight is 1400 g/mol. The highest BCUT2D eigenvalue weighted by molar-refractivity contribution is 6.39. The predicted octanol–water partition coefficient (Wildman–Crippen LogP) is 8.52. The number of nitrogens with one attached hydrogen (secondary N) is 1. The second kappa shape index (κ2) is 34.1. The Balaban J connectivity index is 0.876. The van der Waals surface area contributed by atoms with Crippen molar-refractivity contribution in [1.29, 1.82) is 0 Å². The number of amides is 4. The third kappa shape index (κ3) is 17.8. The van der Waals surface area contributed by atoms with E-state index >= 15 is 8.78 Å². The molecule has 9 rings (SSSR count). The molecule has 1 aliphatic carbocycles. The van der Waals surface area contributed by atoms with Crippen LogP contribution in [-0.4, -0.2) is 221 Å². The number of anilines is 2. The number of carbonyl (C=O) groups is 7. The van der Waals surface area contributed by atoms with Gasteiger partial charge in [0.05, 0.1) is 35.0 Å². The van der Waals surface area contributed by atoms with E-state index in [9.17, 15) is 48.9 Å². The van der Waals surface area contributed by atoms with Crippen molar-refractivity contribution in [2.24, 2.45) is 29.6 Å². The van der Waals surface area contributed by atoms with Crippen LogP contribution in [0.2, 0.25) is 5.02 Å². The maximum Gasteiger partial charge on any atom is 0.329 e. The summed E-state index contributed by atoms with van der Waals surface area (Å²) in [6, 6.07) is 3.84. The summed E-state index contributed by atoms with van der Waals surface area (Å²) in [5, 5.41) is 36.7. The Kier molecular flexibility index (Phi) is 26.2. The van der Waals surface area contributed by atoms with Crippen LogP contribution in [0.3, 0.4) is 0 Å². The van der Waals surface area contributed by atoms with Crippen molar-refractivity contribution in [3.05, 3.63) is 76.9 Å². The van der Waals surface area contributed by atoms with Crippen LogP contribution in [0.25, 0.3) is 22.0 Å². The fourth-order valence-corrected chi connectivity index (χ4v) is 15.6. The summed E-state index contributed by atoms with van der Waals surface area (Å²) < 4.78 is 62.4. The number of rotatable bonds is 16. The van der Waals surface area contributed by atoms with Gasteiger partial charge in [-0.3, -0.25) is 28.8 Å². The lowest BCUT2D eigenvalue weighted by Gasteiger charge is -2.47. The molecule has 23 nitrogen and oxygen atoms in total. The lowest BCUT2D eigenvalue weighted by molar-refractivity contribution is -0.302. The first kappa shape index (κ1) is 76.2. The summed E-state index contributed by atoms with van der Waals surface area (Å²) in [4.78, 5) is 116. The molecular weight excluding hydrogens is 1300 g/mol. The topological polar surface area (TPSA) is 280 Å². The largest absolute Gasteiger partial charge is 0.507 e. The first-order valence-electron chi connectivity index (χ1n) is 35.0. The Morgan fingerprint density at radius 1 is 0.838 bits per heavy atom. The average Bonchev–Trinajstić information content (AvgIpc) is 0.776. The summed E-state index contributed by atoms with van der Waals surface area (Å²) in [5.74, 6) is -10.3. The van der Waals surface area contributed by atoms with Gasteiger partial charge in [-0.1, -0.05) is 62.7 Å². The van der Waals surface area contributed by atoms with Gasteiger partial charge in [0.25, 0.3) is 11.7 Å². The Morgan fingerprint density at radius 2 is 1.51 bits per heavy atom. The second-order valence-corrected chi connectivity index (χ2v) is 28.3. The van der Waals surface area contributed by atoms with Gasteiger partial charge in [-0.2, -0.15) is 4.98 Å². The fraction of sp³-hybridized carbons (Fsp3) is 0.630. The van der Waals surface area contributed by atoms with Crippen LogP contribution in [0.15, 0.2) is 60.2 Å². The monoisotopic (exact) mass is 1400 g/mol. The van der Waals surface area contributed by atoms with E-state index in [0.717, 1.165) is 17.2 Å². The molecule has 4 N–H and O–H groups in total. The van der Waals surface area contributed by atoms with Crippen molar-refractivity contribution >= 4 is 75.4 Å². The highest BCUT2D eigenvalue weighted by atomic mass is 35.5. The van der Waals surface area contributed by atoms with Crippen molar-refractivity contribution in [2.45, 2.75) is 179 Å². The molecule has 6 aliphatic rings. The van der Waals surface area contributed by atoms with Crippen LogP contribution in [0.1, 0.15) is 131 Å². The number of halogens is 3. The molecule has 5 fully saturated rings. The minimum absolute atomic E-state index is 0.0165. The number of piperidine rings is 1. The summed E-state index contributed by atoms with van der Waals surface area (Å²) in [6.07, 6.45) is 6.47. The first-order valence-corrected chi connectivity index (χ1v) is 35.4. The predicted molar refractivity (Wildman–Crippen MR) is 367 cm³/mol. The molecule has 542 valence electrons. The van der Waals surface area contributed by atoms with E-state index < -0.39 is 106 Å². The Labute approximate surface area is 583 Å². The molecule has 5 aliphatic heterocycles. The van der Waals surface area contributed by atoms with Crippen LogP contribution in [0.4, 0.5) is 20.5 Å². The van der Waals surface area contributed by atoms with Gasteiger partial charge in [0.1, 0.15) is 46.9 Å². The van der Waals surface area contributed by atoms with E-state index in [1.165, 1.54) is 43.4 Å². The molecule has 2 bridgehead atoms. The normalized spacial score (nSPS) is 29.7. The number of cyclic esters (lactones) is 1. The molecular formula is C73H99ClF2N8O15. The van der Waals surface area contributed by atoms with Crippen molar-refractivity contribution in [1.82, 2.24) is 29.6 Å². The number of aliphatic hydroxyl groups excluding tert-OH is 1. The third-order valence-corrected chi connectivity index (χ3v) is 21.3. The number of hydrogen-bond acceptors (Lipinski definition) is 19. The maximum atomic E-state index is 16.8. The number of hydrogen-bond donors (Lipinski definition) is 4. The van der Waals surface area contributed by atoms with E-state index in [2.05, 4.69) is 16.9 Å². The summed E-state index contributed by atoms with van der Waals surface area (Å²) in [6.45, 7) is 15.4. The quantitative estimate of drug-likeness (QED) is 0.0452. The SMILES string of the molecule is C=CC(=O)N1CCN(c2nc(NCCC(=O)N3CCN(C(=O)CCC[C@@H]4/C=C(\C)C[C@H](C)C[C@H](OC)[C@H]5O[C@@](O)(C(=O)C(=O)N6CCCC[C@H]6C(=O)O[C@H](/C(C)=C/[C@@H]6CC[C@@H](O)[C@H](OC)C6)[C@H](C)CCC4=O)[C@H](C)C[C@@H]5OC)CC3)nc3c(F)c(-c4c(O)cccc4F)c(Cl)cc23)CC1. The zero-order chi connectivity index (χ0) is 71.6. The smallest absolute Gasteiger partial charge is 0.329 e. The molecule has 0 radical (unpaired) electrons. The van der Waals surface area contributed by atoms with Crippen molar-refractivity contribution in [3.63, 3.8) is 0 Å². The highest BCUT2D eigenvalue weighted by Gasteiger charge is 2.57. The van der Waals surface area contributed by atoms with Gasteiger partial charge in [0, 0.05) is 129 Å². The standard InChI is InChI=1S/C73H99ClF2N8O15/c1-10-59(88)80-31-33-83(34-32-80)69-49-41-50(74)62(63-51(75)16-14-18-55(63)87)64(76)65(49)78-72(79-69)77-25-24-61(90)82-29-27-81(28-30-82)60(89)19-13-15-48-36-42(2)35-43(3)37-57(96-8)67-58(97-9)39-46(6)73(94,99-67)68(91)70(92)84-26-12-11-17-52(84)71(93)98-66(44(4)20-22-53(48)85)45(5)38-47-21-23-54(86)56(40-47)95-7/h10,14,16,18,36,38,41,43-44,46-48,52,54,56-58,66-67,86-87,94H,1,11-13,15,17,19-35,37,39-40H2,2-9H3,(H,77,78,79)/b42-36+,45-38+/t43-,44+,46+,47-,48+,52-,54+,56+,57-,58-,66-,67+,73+/m0/s1. The Morgan fingerprint density at radius 3 is 2.17 bits per heavy atom. The Hall–Kier alpha value is -7.00. The van der Waals surface area contributed by atoms with Crippen molar-refractivity contribution in [2.75, 3.05) is 97.0 Å². The van der Waals surface area contributed by atoms with Gasteiger partial charge < -0.3 is 68.8 Å². The minimum Gasteiger partial charge on any atom is -0.507 e. The van der Waals surface area contributed by atoms with Crippen LogP contribution < -0.4 is 10.2 Å². The van der Waals surface area contributed by atoms with Crippen LogP contribution in [0.5, 0.6) is 5.75 Å². The van der Waals surface area contributed by atoms with Crippen molar-refractivity contribution in [3.8, 4) is 16.9 Å². The number of Topliss-reactive ketones (excluding diaryl/α,β-unsaturated/α-hetero) is 2. The van der Waals surface area contributed by atoms with Gasteiger partial charge in [0.2, 0.25) is 29.5 Å². The minimum atomic E-state index is -2.57. The van der Waals surface area contributed by atoms with Crippen LogP contribution in [0, 0.1) is 41.2 Å². The van der Waals surface area contributed by atoms with E-state index in [1.54, 1.807) is 28.7 Å². The van der Waals surface area contributed by atoms with E-state index in [-0.39, 0.29) is 141 Å². The number of phenols is 1. The number of nitrogens with zero attached hydrogens (tertiary/aromatic N) is 7. The molecule has 2 aromatic carbocycles. The zero-order valence-electron chi connectivity index (χ0n) is 58.4. The number of esters is 1. The third-order valence-electron chi connectivity index (χ3n) is 21.0. The van der Waals surface area contributed by atoms with Gasteiger partial charge in [-0.15, -0.1) is 0 Å². The molecule has 3 aromatic rings. The number of methoxy groups -OCH3 is 3. The number of fused-ring (bicyclic) bond motifs is 4. The van der Waals surface area contributed by atoms with E-state index in [4.69, 9.17) is 40.3 Å². The van der Waals surface area contributed by atoms with E-state index in [0.29, 0.717) is 90.4 Å². The zero-order valence-corrected chi connectivity index (χ0v) is 59.1. The fourth-order valence-electron chi connectivity index (χ4n) is 15.3. The Bertz CT molecular complexity index is 3490. The van der Waals surface area contributed by atoms with E-state index in [1.807, 2.05) is 44.7 Å². The van der Waals surface area contributed by atoms with Crippen molar-refractivity contribution < 1.29 is 81.3 Å². The molecule has 4 saturated heterocycles. The van der Waals surface area contributed by atoms with Crippen LogP contribution in [-0.2, 0) is 57.2 Å². The summed E-state index contributed by atoms with van der Waals surface area (Å²) in [7, 11) is 4.58. The molecule has 0 spiro atoms. The van der Waals surface area contributed by atoms with Gasteiger partial charge >= 0.3 is 5.97 Å². The lowest BCUT2D eigenvalue weighted by atomic mass is 9.82. The summed E-state index contributed by atoms with van der Waals surface area (Å²) in [5.41, 5.74) is 0.612. The number of carbonyl (C=O) groups excluding carboxylic acids is 7. The maximum absolute atomic E-state index is 16.8. The molecule has 13 atom stereocenters. The number of aliphatic hydroxyl groups is 2. The highest BCUT2D eigenvalue weighted by Crippen LogP contribution is 2.44. The number of aromatic nitrogens is 2.